The number of aromatic nitrogens is 4. The number of thiophene rings is 1. The second-order valence-electron chi connectivity index (χ2n) is 13.3. The Morgan fingerprint density at radius 3 is 2.65 bits per heavy atom. The highest BCUT2D eigenvalue weighted by Gasteiger charge is 2.49. The Morgan fingerprint density at radius 1 is 1.16 bits per heavy atom. The van der Waals surface area contributed by atoms with Crippen LogP contribution in [-0.2, 0) is 32.6 Å². The van der Waals surface area contributed by atoms with E-state index in [1.807, 2.05) is 32.0 Å². The van der Waals surface area contributed by atoms with Crippen molar-refractivity contribution < 1.29 is 26.6 Å². The molecule has 0 aliphatic heterocycles. The van der Waals surface area contributed by atoms with Gasteiger partial charge in [0.1, 0.15) is 11.1 Å². The van der Waals surface area contributed by atoms with E-state index in [0.717, 1.165) is 59.4 Å². The van der Waals surface area contributed by atoms with Crippen molar-refractivity contribution in [1.29, 1.82) is 5.26 Å². The number of nitrogens with zero attached hydrogens (tertiary/aromatic N) is 7. The van der Waals surface area contributed by atoms with Crippen molar-refractivity contribution in [2.24, 2.45) is 10.4 Å². The first-order valence-corrected chi connectivity index (χ1v) is 18.6. The van der Waals surface area contributed by atoms with Gasteiger partial charge in [0.2, 0.25) is 11.8 Å². The van der Waals surface area contributed by atoms with Crippen molar-refractivity contribution in [1.82, 2.24) is 25.0 Å². The lowest BCUT2D eigenvalue weighted by Gasteiger charge is -2.39. The number of aliphatic imine (C=N–C) groups is 1. The monoisotopic (exact) mass is 703 g/mol. The van der Waals surface area contributed by atoms with Gasteiger partial charge in [0.25, 0.3) is 10.1 Å². The molecule has 0 radical (unpaired) electrons. The van der Waals surface area contributed by atoms with Crippen LogP contribution in [0.5, 0.6) is 17.5 Å². The van der Waals surface area contributed by atoms with E-state index in [-0.39, 0.29) is 29.9 Å². The van der Waals surface area contributed by atoms with Crippen molar-refractivity contribution in [2.45, 2.75) is 63.7 Å². The van der Waals surface area contributed by atoms with E-state index in [2.05, 4.69) is 21.2 Å². The highest BCUT2D eigenvalue weighted by atomic mass is 32.2. The third kappa shape index (κ3) is 6.40. The predicted octanol–water partition coefficient (Wildman–Crippen LogP) is 5.88. The zero-order valence-corrected chi connectivity index (χ0v) is 29.5. The van der Waals surface area contributed by atoms with Crippen LogP contribution in [0.1, 0.15) is 71.4 Å². The lowest BCUT2D eigenvalue weighted by molar-refractivity contribution is 0.235. The standard InChI is InChI=1S/C34H37N7O6S2/c1-21-9-14-36-17-24(21)46-27-15-26(45-18-33(12-13-33)19-49(42,43)44-4)38-31(39-27)29-22-7-5-10-34(30(22)47-40-29)11-6-8-25-28(34)23(16-35)32(48-25)37-20-41(2)3/h9,14-15,17,20H,5-8,10-13,18-19H2,1-4H3/t34-/m0/s1. The second kappa shape index (κ2) is 12.8. The van der Waals surface area contributed by atoms with E-state index in [1.165, 1.54) is 7.11 Å². The molecule has 4 heterocycles. The molecule has 15 heteroatoms. The van der Waals surface area contributed by atoms with Crippen LogP contribution in [0.15, 0.2) is 34.0 Å². The molecule has 0 N–H and O–H groups in total. The third-order valence-corrected chi connectivity index (χ3v) is 12.2. The molecule has 4 aromatic rings. The van der Waals surface area contributed by atoms with Crippen molar-refractivity contribution in [3.8, 4) is 35.1 Å². The summed E-state index contributed by atoms with van der Waals surface area (Å²) in [4.78, 5) is 21.4. The number of pyridine rings is 1. The molecule has 1 spiro atoms. The van der Waals surface area contributed by atoms with Gasteiger partial charge in [0.15, 0.2) is 23.0 Å². The fourth-order valence-corrected chi connectivity index (χ4v) is 9.38. The number of ether oxygens (including phenoxy) is 2. The smallest absolute Gasteiger partial charge is 0.267 e. The summed E-state index contributed by atoms with van der Waals surface area (Å²) in [6, 6.07) is 5.89. The maximum atomic E-state index is 12.2. The zero-order valence-electron chi connectivity index (χ0n) is 27.9. The predicted molar refractivity (Wildman–Crippen MR) is 182 cm³/mol. The Hall–Kier alpha value is -4.39. The Bertz CT molecular complexity index is 2080. The summed E-state index contributed by atoms with van der Waals surface area (Å²) in [7, 11) is 1.31. The molecule has 0 saturated heterocycles. The fourth-order valence-electron chi connectivity index (χ4n) is 6.91. The van der Waals surface area contributed by atoms with Crippen molar-refractivity contribution in [3.63, 3.8) is 0 Å². The fraction of sp³-hybridized carbons (Fsp3) is 0.471. The summed E-state index contributed by atoms with van der Waals surface area (Å²) >= 11 is 1.58. The molecule has 1 fully saturated rings. The van der Waals surface area contributed by atoms with Gasteiger partial charge in [-0.1, -0.05) is 5.16 Å². The third-order valence-electron chi connectivity index (χ3n) is 9.54. The van der Waals surface area contributed by atoms with E-state index in [4.69, 9.17) is 28.1 Å². The first-order chi connectivity index (χ1) is 23.6. The van der Waals surface area contributed by atoms with E-state index in [0.29, 0.717) is 41.3 Å². The Morgan fingerprint density at radius 2 is 1.94 bits per heavy atom. The summed E-state index contributed by atoms with van der Waals surface area (Å²) in [5.41, 5.74) is 2.81. The van der Waals surface area contributed by atoms with E-state index < -0.39 is 20.9 Å². The molecule has 3 aliphatic carbocycles. The highest BCUT2D eigenvalue weighted by molar-refractivity contribution is 7.86. The molecular formula is C34H37N7O6S2. The largest absolute Gasteiger partial charge is 0.477 e. The van der Waals surface area contributed by atoms with Crippen LogP contribution in [0.4, 0.5) is 5.00 Å². The number of hydrogen-bond acceptors (Lipinski definition) is 13. The SMILES string of the molecule is COS(=O)(=O)CC1(COc2cc(Oc3cnccc3C)nc(-c3noc4c3CCC[C@@]43CCCc4sc(N=CN(C)C)c(C#N)c43)n2)CC1. The summed E-state index contributed by atoms with van der Waals surface area (Å²) in [5.74, 6) is 1.84. The minimum Gasteiger partial charge on any atom is -0.477 e. The quantitative estimate of drug-likeness (QED) is 0.104. The summed E-state index contributed by atoms with van der Waals surface area (Å²) in [6.07, 6.45) is 11.5. The first kappa shape index (κ1) is 33.1. The van der Waals surface area contributed by atoms with Gasteiger partial charge in [-0.15, -0.1) is 11.3 Å². The lowest BCUT2D eigenvalue weighted by Crippen LogP contribution is -2.35. The van der Waals surface area contributed by atoms with Crippen LogP contribution in [-0.4, -0.2) is 73.3 Å². The van der Waals surface area contributed by atoms with Crippen LogP contribution in [0.3, 0.4) is 0 Å². The van der Waals surface area contributed by atoms with Gasteiger partial charge in [-0.25, -0.2) is 4.99 Å². The van der Waals surface area contributed by atoms with Crippen molar-refractivity contribution in [3.05, 3.63) is 57.4 Å². The van der Waals surface area contributed by atoms with Crippen LogP contribution < -0.4 is 9.47 Å². The van der Waals surface area contributed by atoms with Crippen LogP contribution in [0.25, 0.3) is 11.5 Å². The molecule has 0 aromatic carbocycles. The van der Waals surface area contributed by atoms with E-state index in [1.54, 1.807) is 36.1 Å². The van der Waals surface area contributed by atoms with Gasteiger partial charge >= 0.3 is 0 Å². The number of aryl methyl sites for hydroxylation is 2. The van der Waals surface area contributed by atoms with E-state index >= 15 is 0 Å². The lowest BCUT2D eigenvalue weighted by atomic mass is 9.63. The number of rotatable bonds is 11. The van der Waals surface area contributed by atoms with Gasteiger partial charge in [0, 0.05) is 36.1 Å². The number of nitriles is 1. The molecule has 3 aliphatic rings. The van der Waals surface area contributed by atoms with Crippen molar-refractivity contribution in [2.75, 3.05) is 33.6 Å². The zero-order chi connectivity index (χ0) is 34.4. The average Bonchev–Trinajstić information content (AvgIpc) is 3.51. The number of fused-ring (bicyclic) bond motifs is 4. The van der Waals surface area contributed by atoms with Crippen molar-refractivity contribution >= 4 is 32.8 Å². The summed E-state index contributed by atoms with van der Waals surface area (Å²) < 4.78 is 47.8. The summed E-state index contributed by atoms with van der Waals surface area (Å²) in [6.45, 7) is 2.04. The molecule has 0 bridgehead atoms. The molecule has 256 valence electrons. The van der Waals surface area contributed by atoms with Gasteiger partial charge in [-0.05, 0) is 75.5 Å². The molecule has 1 atom stereocenters. The average molecular weight is 704 g/mol. The molecular weight excluding hydrogens is 667 g/mol. The van der Waals surface area contributed by atoms with Gasteiger partial charge in [-0.2, -0.15) is 23.6 Å². The van der Waals surface area contributed by atoms with Crippen LogP contribution in [0.2, 0.25) is 0 Å². The van der Waals surface area contributed by atoms with Gasteiger partial charge < -0.3 is 18.9 Å². The Kier molecular flexibility index (Phi) is 8.66. The number of hydrogen-bond donors (Lipinski definition) is 0. The normalized spacial score (nSPS) is 19.3. The second-order valence-corrected chi connectivity index (χ2v) is 16.1. The summed E-state index contributed by atoms with van der Waals surface area (Å²) in [5, 5.41) is 15.7. The maximum Gasteiger partial charge on any atom is 0.267 e. The molecule has 13 nitrogen and oxygen atoms in total. The van der Waals surface area contributed by atoms with Gasteiger partial charge in [0.05, 0.1) is 49.0 Å². The first-order valence-electron chi connectivity index (χ1n) is 16.2. The molecule has 49 heavy (non-hydrogen) atoms. The topological polar surface area (TPSA) is 166 Å². The van der Waals surface area contributed by atoms with Crippen LogP contribution in [0, 0.1) is 23.7 Å². The maximum absolute atomic E-state index is 12.2. The molecule has 1 saturated carbocycles. The minimum atomic E-state index is -3.67. The molecule has 0 amide bonds. The van der Waals surface area contributed by atoms with E-state index in [9.17, 15) is 13.7 Å². The molecule has 0 unspecified atom stereocenters. The Labute approximate surface area is 289 Å². The Balaban J connectivity index is 1.28. The van der Waals surface area contributed by atoms with Gasteiger partial charge in [-0.3, -0.25) is 9.17 Å². The van der Waals surface area contributed by atoms with Crippen LogP contribution >= 0.6 is 11.3 Å². The minimum absolute atomic E-state index is 0.133. The highest BCUT2D eigenvalue weighted by Crippen LogP contribution is 2.56. The molecule has 4 aromatic heterocycles. The molecule has 7 rings (SSSR count).